The lowest BCUT2D eigenvalue weighted by Gasteiger charge is -2.06. The molecule has 102 valence electrons. The van der Waals surface area contributed by atoms with Crippen molar-refractivity contribution in [3.8, 4) is 0 Å². The molecule has 5 nitrogen and oxygen atoms in total. The molecule has 0 spiro atoms. The molecule has 0 saturated carbocycles. The van der Waals surface area contributed by atoms with Crippen LogP contribution in [-0.2, 0) is 19.3 Å². The first-order chi connectivity index (χ1) is 9.22. The summed E-state index contributed by atoms with van der Waals surface area (Å²) in [4.78, 5) is 10.1. The van der Waals surface area contributed by atoms with Crippen LogP contribution in [0.1, 0.15) is 35.1 Å². The van der Waals surface area contributed by atoms with Crippen LogP contribution >= 0.6 is 11.3 Å². The summed E-state index contributed by atoms with van der Waals surface area (Å²) in [7, 11) is 0. The Bertz CT molecular complexity index is 538. The fraction of sp³-hybridized carbons (Fsp3) is 0.538. The SMILES string of the molecule is CCc1nnc(NCCc2ncc(C)s2)nc1CC. The molecule has 1 N–H and O–H groups in total. The van der Waals surface area contributed by atoms with Gasteiger partial charge in [-0.2, -0.15) is 5.10 Å². The zero-order chi connectivity index (χ0) is 13.7. The molecule has 0 atom stereocenters. The molecule has 2 aromatic heterocycles. The second-order valence-electron chi connectivity index (χ2n) is 4.28. The van der Waals surface area contributed by atoms with Gasteiger partial charge in [-0.15, -0.1) is 16.4 Å². The van der Waals surface area contributed by atoms with E-state index in [1.54, 1.807) is 11.3 Å². The Balaban J connectivity index is 1.92. The summed E-state index contributed by atoms with van der Waals surface area (Å²) in [6, 6.07) is 0. The molecule has 0 aromatic carbocycles. The molecule has 0 aliphatic rings. The second kappa shape index (κ2) is 6.56. The minimum atomic E-state index is 0.613. The zero-order valence-corrected chi connectivity index (χ0v) is 12.4. The molecule has 0 radical (unpaired) electrons. The molecule has 2 heterocycles. The van der Waals surface area contributed by atoms with Gasteiger partial charge in [-0.3, -0.25) is 0 Å². The monoisotopic (exact) mass is 277 g/mol. The molecule has 6 heteroatoms. The smallest absolute Gasteiger partial charge is 0.242 e. The molecule has 0 bridgehead atoms. The van der Waals surface area contributed by atoms with E-state index in [9.17, 15) is 0 Å². The molecule has 2 rings (SSSR count). The predicted molar refractivity (Wildman–Crippen MR) is 77.6 cm³/mol. The van der Waals surface area contributed by atoms with Crippen LogP contribution in [0.5, 0.6) is 0 Å². The summed E-state index contributed by atoms with van der Waals surface area (Å²) in [6.45, 7) is 7.01. The Hall–Kier alpha value is -1.56. The zero-order valence-electron chi connectivity index (χ0n) is 11.6. The maximum Gasteiger partial charge on any atom is 0.242 e. The van der Waals surface area contributed by atoms with Gasteiger partial charge in [-0.1, -0.05) is 13.8 Å². The average Bonchev–Trinajstić information content (AvgIpc) is 2.84. The lowest BCUT2D eigenvalue weighted by atomic mass is 10.2. The van der Waals surface area contributed by atoms with Crippen LogP contribution in [-0.4, -0.2) is 26.7 Å². The van der Waals surface area contributed by atoms with Gasteiger partial charge < -0.3 is 5.32 Å². The highest BCUT2D eigenvalue weighted by Gasteiger charge is 2.06. The third-order valence-electron chi connectivity index (χ3n) is 2.80. The van der Waals surface area contributed by atoms with Crippen LogP contribution in [0.4, 0.5) is 5.95 Å². The van der Waals surface area contributed by atoms with E-state index in [0.29, 0.717) is 5.95 Å². The van der Waals surface area contributed by atoms with Gasteiger partial charge in [0.25, 0.3) is 0 Å². The van der Waals surface area contributed by atoms with Crippen molar-refractivity contribution >= 4 is 17.3 Å². The fourth-order valence-electron chi connectivity index (χ4n) is 1.81. The molecular formula is C13H19N5S. The van der Waals surface area contributed by atoms with Crippen LogP contribution in [0, 0.1) is 6.92 Å². The minimum Gasteiger partial charge on any atom is -0.352 e. The quantitative estimate of drug-likeness (QED) is 0.878. The van der Waals surface area contributed by atoms with E-state index in [1.807, 2.05) is 6.20 Å². The van der Waals surface area contributed by atoms with E-state index < -0.39 is 0 Å². The topological polar surface area (TPSA) is 63.6 Å². The molecule has 19 heavy (non-hydrogen) atoms. The van der Waals surface area contributed by atoms with Crippen molar-refractivity contribution in [2.24, 2.45) is 0 Å². The summed E-state index contributed by atoms with van der Waals surface area (Å²) >= 11 is 1.73. The molecule has 0 aliphatic carbocycles. The number of anilines is 1. The first-order valence-electron chi connectivity index (χ1n) is 6.60. The van der Waals surface area contributed by atoms with Crippen molar-refractivity contribution in [3.05, 3.63) is 27.5 Å². The molecule has 0 unspecified atom stereocenters. The van der Waals surface area contributed by atoms with Gasteiger partial charge in [0.15, 0.2) is 0 Å². The third kappa shape index (κ3) is 3.70. The van der Waals surface area contributed by atoms with Crippen molar-refractivity contribution < 1.29 is 0 Å². The number of rotatable bonds is 6. The Morgan fingerprint density at radius 1 is 1.16 bits per heavy atom. The van der Waals surface area contributed by atoms with Gasteiger partial charge in [0.05, 0.1) is 16.4 Å². The van der Waals surface area contributed by atoms with Crippen molar-refractivity contribution in [1.82, 2.24) is 20.2 Å². The van der Waals surface area contributed by atoms with E-state index in [1.165, 1.54) is 4.88 Å². The Morgan fingerprint density at radius 2 is 1.95 bits per heavy atom. The number of hydrogen-bond acceptors (Lipinski definition) is 6. The maximum absolute atomic E-state index is 4.50. The third-order valence-corrected chi connectivity index (χ3v) is 3.77. The summed E-state index contributed by atoms with van der Waals surface area (Å²) < 4.78 is 0. The van der Waals surface area contributed by atoms with E-state index >= 15 is 0 Å². The summed E-state index contributed by atoms with van der Waals surface area (Å²) in [5, 5.41) is 12.7. The van der Waals surface area contributed by atoms with Crippen molar-refractivity contribution in [3.63, 3.8) is 0 Å². The minimum absolute atomic E-state index is 0.613. The van der Waals surface area contributed by atoms with Crippen molar-refractivity contribution in [2.45, 2.75) is 40.0 Å². The van der Waals surface area contributed by atoms with E-state index in [2.05, 4.69) is 46.3 Å². The Kier molecular flexibility index (Phi) is 4.79. The van der Waals surface area contributed by atoms with E-state index in [0.717, 1.165) is 42.2 Å². The van der Waals surface area contributed by atoms with Gasteiger partial charge in [0, 0.05) is 24.0 Å². The fourth-order valence-corrected chi connectivity index (χ4v) is 2.60. The summed E-state index contributed by atoms with van der Waals surface area (Å²) in [6.07, 6.45) is 4.56. The Morgan fingerprint density at radius 3 is 2.58 bits per heavy atom. The lowest BCUT2D eigenvalue weighted by molar-refractivity contribution is 0.817. The highest BCUT2D eigenvalue weighted by molar-refractivity contribution is 7.11. The molecular weight excluding hydrogens is 258 g/mol. The van der Waals surface area contributed by atoms with Gasteiger partial charge in [0.2, 0.25) is 5.95 Å². The van der Waals surface area contributed by atoms with Gasteiger partial charge in [0.1, 0.15) is 0 Å². The number of nitrogens with zero attached hydrogens (tertiary/aromatic N) is 4. The summed E-state index contributed by atoms with van der Waals surface area (Å²) in [5.74, 6) is 0.613. The van der Waals surface area contributed by atoms with Crippen LogP contribution in [0.2, 0.25) is 0 Å². The Labute approximate surface area is 117 Å². The highest BCUT2D eigenvalue weighted by atomic mass is 32.1. The standard InChI is InChI=1S/C13H19N5S/c1-4-10-11(5-2)17-18-13(16-10)14-7-6-12-15-8-9(3)19-12/h8H,4-7H2,1-3H3,(H,14,16,18). The predicted octanol–water partition coefficient (Wildman–Crippen LogP) is 2.42. The maximum atomic E-state index is 4.50. The number of hydrogen-bond donors (Lipinski definition) is 1. The first-order valence-corrected chi connectivity index (χ1v) is 7.42. The highest BCUT2D eigenvalue weighted by Crippen LogP contribution is 2.12. The van der Waals surface area contributed by atoms with Gasteiger partial charge in [-0.25, -0.2) is 9.97 Å². The number of thiazole rings is 1. The molecule has 0 fully saturated rings. The molecule has 0 aliphatic heterocycles. The number of aryl methyl sites for hydroxylation is 3. The largest absolute Gasteiger partial charge is 0.352 e. The first kappa shape index (κ1) is 13.9. The van der Waals surface area contributed by atoms with Crippen molar-refractivity contribution in [1.29, 1.82) is 0 Å². The number of aromatic nitrogens is 4. The van der Waals surface area contributed by atoms with E-state index in [4.69, 9.17) is 0 Å². The molecule has 2 aromatic rings. The number of nitrogens with one attached hydrogen (secondary N) is 1. The van der Waals surface area contributed by atoms with Crippen LogP contribution in [0.3, 0.4) is 0 Å². The van der Waals surface area contributed by atoms with Crippen LogP contribution < -0.4 is 5.32 Å². The van der Waals surface area contributed by atoms with Crippen molar-refractivity contribution in [2.75, 3.05) is 11.9 Å². The molecule has 0 amide bonds. The second-order valence-corrected chi connectivity index (χ2v) is 5.60. The van der Waals surface area contributed by atoms with Gasteiger partial charge in [-0.05, 0) is 19.8 Å². The molecule has 0 saturated heterocycles. The average molecular weight is 277 g/mol. The summed E-state index contributed by atoms with van der Waals surface area (Å²) in [5.41, 5.74) is 2.02. The lowest BCUT2D eigenvalue weighted by Crippen LogP contribution is -2.11. The van der Waals surface area contributed by atoms with E-state index in [-0.39, 0.29) is 0 Å². The normalized spacial score (nSPS) is 10.7. The van der Waals surface area contributed by atoms with Gasteiger partial charge >= 0.3 is 0 Å². The van der Waals surface area contributed by atoms with Crippen LogP contribution in [0.25, 0.3) is 0 Å². The van der Waals surface area contributed by atoms with Crippen LogP contribution in [0.15, 0.2) is 6.20 Å².